The molecule has 2 unspecified atom stereocenters. The van der Waals surface area contributed by atoms with Crippen LogP contribution in [-0.4, -0.2) is 54.9 Å². The van der Waals surface area contributed by atoms with Crippen LogP contribution < -0.4 is 10.2 Å². The molecule has 160 valence electrons. The Kier molecular flexibility index (Phi) is 7.37. The Labute approximate surface area is 175 Å². The van der Waals surface area contributed by atoms with E-state index in [0.29, 0.717) is 45.0 Å². The number of hydrogen-bond acceptors (Lipinski definition) is 6. The van der Waals surface area contributed by atoms with Crippen molar-refractivity contribution < 1.29 is 19.6 Å². The molecule has 1 aliphatic heterocycles. The topological polar surface area (TPSA) is 105 Å². The molecule has 1 saturated heterocycles. The van der Waals surface area contributed by atoms with E-state index in [0.717, 1.165) is 5.56 Å². The summed E-state index contributed by atoms with van der Waals surface area (Å²) in [6.45, 7) is 4.22. The van der Waals surface area contributed by atoms with Gasteiger partial charge in [0, 0.05) is 37.2 Å². The van der Waals surface area contributed by atoms with Gasteiger partial charge in [-0.1, -0.05) is 30.3 Å². The van der Waals surface area contributed by atoms with E-state index in [1.165, 1.54) is 6.07 Å². The summed E-state index contributed by atoms with van der Waals surface area (Å²) < 4.78 is 5.31. The first-order valence-corrected chi connectivity index (χ1v) is 10.1. The van der Waals surface area contributed by atoms with Crippen molar-refractivity contribution in [1.29, 1.82) is 0 Å². The number of anilines is 1. The molecule has 2 atom stereocenters. The molecule has 0 saturated carbocycles. The van der Waals surface area contributed by atoms with Crippen molar-refractivity contribution in [1.82, 2.24) is 5.32 Å². The third-order valence-electron chi connectivity index (χ3n) is 5.19. The highest BCUT2D eigenvalue weighted by Gasteiger charge is 2.24. The van der Waals surface area contributed by atoms with Crippen LogP contribution in [0.2, 0.25) is 0 Å². The lowest BCUT2D eigenvalue weighted by atomic mass is 9.93. The molecule has 0 aromatic heterocycles. The molecule has 1 aliphatic rings. The van der Waals surface area contributed by atoms with Crippen LogP contribution in [0.5, 0.6) is 0 Å². The minimum atomic E-state index is -0.513. The van der Waals surface area contributed by atoms with Crippen molar-refractivity contribution in [2.24, 2.45) is 0 Å². The number of carbonyl (C=O) groups is 1. The van der Waals surface area contributed by atoms with Gasteiger partial charge in [-0.2, -0.15) is 0 Å². The summed E-state index contributed by atoms with van der Waals surface area (Å²) >= 11 is 0. The maximum absolute atomic E-state index is 12.7. The fraction of sp³-hybridized carbons (Fsp3) is 0.409. The first-order chi connectivity index (χ1) is 14.5. The molecule has 0 bridgehead atoms. The van der Waals surface area contributed by atoms with E-state index in [1.807, 2.05) is 35.2 Å². The molecule has 8 nitrogen and oxygen atoms in total. The van der Waals surface area contributed by atoms with Crippen LogP contribution in [0.3, 0.4) is 0 Å². The number of ether oxygens (including phenoxy) is 1. The fourth-order valence-corrected chi connectivity index (χ4v) is 3.67. The van der Waals surface area contributed by atoms with Gasteiger partial charge in [0.25, 0.3) is 11.6 Å². The van der Waals surface area contributed by atoms with Crippen molar-refractivity contribution in [2.75, 3.05) is 37.7 Å². The second-order valence-corrected chi connectivity index (χ2v) is 7.46. The number of amides is 1. The summed E-state index contributed by atoms with van der Waals surface area (Å²) in [5, 5.41) is 24.3. The Balaban J connectivity index is 1.74. The smallest absolute Gasteiger partial charge is 0.293 e. The number of rotatable bonds is 8. The van der Waals surface area contributed by atoms with E-state index in [-0.39, 0.29) is 23.1 Å². The summed E-state index contributed by atoms with van der Waals surface area (Å²) in [5.41, 5.74) is 1.67. The Morgan fingerprint density at radius 1 is 1.23 bits per heavy atom. The van der Waals surface area contributed by atoms with Crippen LogP contribution in [0.4, 0.5) is 11.4 Å². The van der Waals surface area contributed by atoms with E-state index in [9.17, 15) is 20.0 Å². The minimum absolute atomic E-state index is 0.0576. The van der Waals surface area contributed by atoms with E-state index >= 15 is 0 Å². The highest BCUT2D eigenvalue weighted by atomic mass is 16.6. The molecule has 8 heteroatoms. The van der Waals surface area contributed by atoms with Gasteiger partial charge >= 0.3 is 0 Å². The molecule has 0 radical (unpaired) electrons. The molecule has 2 N–H and O–H groups in total. The first-order valence-electron chi connectivity index (χ1n) is 10.1. The molecule has 1 fully saturated rings. The van der Waals surface area contributed by atoms with Crippen LogP contribution in [0.25, 0.3) is 0 Å². The third kappa shape index (κ3) is 5.55. The van der Waals surface area contributed by atoms with Gasteiger partial charge in [0.15, 0.2) is 0 Å². The van der Waals surface area contributed by atoms with Crippen LogP contribution in [-0.2, 0) is 4.74 Å². The molecule has 0 spiro atoms. The summed E-state index contributed by atoms with van der Waals surface area (Å²) in [5.74, 6) is -0.434. The maximum Gasteiger partial charge on any atom is 0.293 e. The van der Waals surface area contributed by atoms with Crippen molar-refractivity contribution in [3.05, 3.63) is 69.8 Å². The molecular weight excluding hydrogens is 386 g/mol. The maximum atomic E-state index is 12.7. The standard InChI is InChI=1S/C22H27N3O5/c1-16(26)13-19(17-5-3-2-4-6-17)15-23-22(27)18-7-8-20(21(14-18)25(28)29)24-9-11-30-12-10-24/h2-8,14,16,19,26H,9-13,15H2,1H3,(H,23,27). The molecule has 1 amide bonds. The summed E-state index contributed by atoms with van der Waals surface area (Å²) in [6, 6.07) is 14.2. The van der Waals surface area contributed by atoms with Gasteiger partial charge in [-0.25, -0.2) is 0 Å². The number of nitro benzene ring substituents is 1. The lowest BCUT2D eigenvalue weighted by molar-refractivity contribution is -0.384. The number of benzene rings is 2. The van der Waals surface area contributed by atoms with Crippen LogP contribution in [0, 0.1) is 10.1 Å². The summed E-state index contributed by atoms with van der Waals surface area (Å²) in [4.78, 5) is 25.7. The number of nitrogens with one attached hydrogen (secondary N) is 1. The predicted molar refractivity (Wildman–Crippen MR) is 114 cm³/mol. The average Bonchev–Trinajstić information content (AvgIpc) is 2.77. The zero-order valence-corrected chi connectivity index (χ0v) is 17.0. The van der Waals surface area contributed by atoms with Crippen LogP contribution in [0.1, 0.15) is 35.2 Å². The monoisotopic (exact) mass is 413 g/mol. The molecule has 1 heterocycles. The zero-order chi connectivity index (χ0) is 21.5. The quantitative estimate of drug-likeness (QED) is 0.509. The predicted octanol–water partition coefficient (Wildman–Crippen LogP) is 2.72. The second kappa shape index (κ2) is 10.2. The molecular formula is C22H27N3O5. The Morgan fingerprint density at radius 2 is 1.93 bits per heavy atom. The lowest BCUT2D eigenvalue weighted by Crippen LogP contribution is -2.36. The van der Waals surface area contributed by atoms with Gasteiger partial charge in [0.05, 0.1) is 24.2 Å². The molecule has 30 heavy (non-hydrogen) atoms. The molecule has 2 aromatic rings. The van der Waals surface area contributed by atoms with E-state index < -0.39 is 11.0 Å². The fourth-order valence-electron chi connectivity index (χ4n) is 3.67. The Morgan fingerprint density at radius 3 is 2.57 bits per heavy atom. The summed E-state index contributed by atoms with van der Waals surface area (Å²) in [7, 11) is 0. The third-order valence-corrected chi connectivity index (χ3v) is 5.19. The zero-order valence-electron chi connectivity index (χ0n) is 17.0. The number of aliphatic hydroxyl groups is 1. The molecule has 2 aromatic carbocycles. The summed E-state index contributed by atoms with van der Waals surface area (Å²) in [6.07, 6.45) is -0.0126. The van der Waals surface area contributed by atoms with Crippen LogP contribution in [0.15, 0.2) is 48.5 Å². The van der Waals surface area contributed by atoms with Crippen molar-refractivity contribution in [2.45, 2.75) is 25.4 Å². The van der Waals surface area contributed by atoms with E-state index in [4.69, 9.17) is 4.74 Å². The SMILES string of the molecule is CC(O)CC(CNC(=O)c1ccc(N2CCOCC2)c([N+](=O)[O-])c1)c1ccccc1. The van der Waals surface area contributed by atoms with Crippen LogP contribution >= 0.6 is 0 Å². The highest BCUT2D eigenvalue weighted by molar-refractivity contribution is 5.95. The molecule has 0 aliphatic carbocycles. The Hall–Kier alpha value is -2.97. The van der Waals surface area contributed by atoms with Gasteiger partial charge in [0.2, 0.25) is 0 Å². The number of carbonyl (C=O) groups excluding carboxylic acids is 1. The largest absolute Gasteiger partial charge is 0.393 e. The average molecular weight is 413 g/mol. The number of hydrogen-bond donors (Lipinski definition) is 2. The van der Waals surface area contributed by atoms with Gasteiger partial charge in [-0.05, 0) is 31.0 Å². The number of nitrogens with zero attached hydrogens (tertiary/aromatic N) is 2. The number of aliphatic hydroxyl groups excluding tert-OH is 1. The van der Waals surface area contributed by atoms with E-state index in [2.05, 4.69) is 5.32 Å². The first kappa shape index (κ1) is 21.7. The second-order valence-electron chi connectivity index (χ2n) is 7.46. The van der Waals surface area contributed by atoms with E-state index in [1.54, 1.807) is 19.1 Å². The van der Waals surface area contributed by atoms with Crippen molar-refractivity contribution >= 4 is 17.3 Å². The van der Waals surface area contributed by atoms with Gasteiger partial charge < -0.3 is 20.1 Å². The normalized spacial score (nSPS) is 16.0. The van der Waals surface area contributed by atoms with Crippen molar-refractivity contribution in [3.63, 3.8) is 0 Å². The minimum Gasteiger partial charge on any atom is -0.393 e. The Bertz CT molecular complexity index is 866. The lowest BCUT2D eigenvalue weighted by Gasteiger charge is -2.28. The highest BCUT2D eigenvalue weighted by Crippen LogP contribution is 2.30. The van der Waals surface area contributed by atoms with Gasteiger partial charge in [-0.15, -0.1) is 0 Å². The molecule has 3 rings (SSSR count). The van der Waals surface area contributed by atoms with Crippen molar-refractivity contribution in [3.8, 4) is 0 Å². The number of morpholine rings is 1. The number of nitro groups is 1. The van der Waals surface area contributed by atoms with Gasteiger partial charge in [-0.3, -0.25) is 14.9 Å². The van der Waals surface area contributed by atoms with Gasteiger partial charge in [0.1, 0.15) is 5.69 Å².